The van der Waals surface area contributed by atoms with E-state index in [1.165, 1.54) is 9.13 Å². The van der Waals surface area contributed by atoms with Gasteiger partial charge in [-0.05, 0) is 53.4 Å². The molecule has 0 aliphatic carbocycles. The van der Waals surface area contributed by atoms with Crippen molar-refractivity contribution in [3.05, 3.63) is 31.8 Å². The molecular formula is C8H9BrIN. The van der Waals surface area contributed by atoms with E-state index < -0.39 is 0 Å². The Morgan fingerprint density at radius 1 is 1.45 bits per heavy atom. The summed E-state index contributed by atoms with van der Waals surface area (Å²) in [7, 11) is 1.95. The van der Waals surface area contributed by atoms with Crippen LogP contribution < -0.4 is 5.32 Å². The summed E-state index contributed by atoms with van der Waals surface area (Å²) in [5.41, 5.74) is 1.31. The van der Waals surface area contributed by atoms with Crippen molar-refractivity contribution >= 4 is 38.5 Å². The molecule has 0 unspecified atom stereocenters. The Bertz CT molecular complexity index is 230. The van der Waals surface area contributed by atoms with Gasteiger partial charge >= 0.3 is 0 Å². The molecule has 1 rings (SSSR count). The first-order valence-corrected chi connectivity index (χ1v) is 5.19. The van der Waals surface area contributed by atoms with Gasteiger partial charge in [-0.3, -0.25) is 0 Å². The maximum absolute atomic E-state index is 3.45. The maximum atomic E-state index is 3.45. The van der Waals surface area contributed by atoms with Crippen LogP contribution in [0.4, 0.5) is 0 Å². The minimum Gasteiger partial charge on any atom is -0.316 e. The maximum Gasteiger partial charge on any atom is 0.0203 e. The summed E-state index contributed by atoms with van der Waals surface area (Å²) in [5, 5.41) is 3.11. The predicted molar refractivity (Wildman–Crippen MR) is 59.6 cm³/mol. The van der Waals surface area contributed by atoms with Crippen LogP contribution in [0.25, 0.3) is 0 Å². The third-order valence-corrected chi connectivity index (χ3v) is 2.38. The standard InChI is InChI=1S/C8H9BrIN/c1-11-5-6-2-7(9)4-8(10)3-6/h2-4,11H,5H2,1H3. The lowest BCUT2D eigenvalue weighted by atomic mass is 10.2. The van der Waals surface area contributed by atoms with E-state index in [1.807, 2.05) is 7.05 Å². The molecule has 0 spiro atoms. The molecule has 0 aromatic heterocycles. The molecule has 60 valence electrons. The molecule has 3 heteroatoms. The molecule has 0 radical (unpaired) electrons. The van der Waals surface area contributed by atoms with Crippen molar-refractivity contribution in [3.8, 4) is 0 Å². The molecule has 0 aliphatic rings. The first-order valence-electron chi connectivity index (χ1n) is 3.32. The average molecular weight is 326 g/mol. The minimum atomic E-state index is 0.926. The van der Waals surface area contributed by atoms with Crippen LogP contribution in [0.5, 0.6) is 0 Å². The lowest BCUT2D eigenvalue weighted by molar-refractivity contribution is 0.817. The Labute approximate surface area is 88.8 Å². The zero-order chi connectivity index (χ0) is 8.27. The molecule has 0 heterocycles. The van der Waals surface area contributed by atoms with E-state index in [0.29, 0.717) is 0 Å². The van der Waals surface area contributed by atoms with E-state index in [2.05, 4.69) is 62.0 Å². The van der Waals surface area contributed by atoms with Crippen LogP contribution in [0.3, 0.4) is 0 Å². The Hall–Kier alpha value is 0.390. The van der Waals surface area contributed by atoms with Crippen LogP contribution in [-0.4, -0.2) is 7.05 Å². The molecule has 11 heavy (non-hydrogen) atoms. The van der Waals surface area contributed by atoms with E-state index in [9.17, 15) is 0 Å². The molecular weight excluding hydrogens is 317 g/mol. The molecule has 0 amide bonds. The summed E-state index contributed by atoms with van der Waals surface area (Å²) in [5.74, 6) is 0. The van der Waals surface area contributed by atoms with Crippen molar-refractivity contribution in [1.29, 1.82) is 0 Å². The second-order valence-electron chi connectivity index (χ2n) is 2.31. The van der Waals surface area contributed by atoms with Gasteiger partial charge in [-0.2, -0.15) is 0 Å². The highest BCUT2D eigenvalue weighted by Gasteiger charge is 1.95. The molecule has 0 aliphatic heterocycles. The summed E-state index contributed by atoms with van der Waals surface area (Å²) in [6.45, 7) is 0.926. The zero-order valence-electron chi connectivity index (χ0n) is 6.20. The molecule has 1 N–H and O–H groups in total. The van der Waals surface area contributed by atoms with E-state index in [0.717, 1.165) is 11.0 Å². The number of hydrogen-bond acceptors (Lipinski definition) is 1. The third kappa shape index (κ3) is 3.09. The smallest absolute Gasteiger partial charge is 0.0203 e. The van der Waals surface area contributed by atoms with Crippen LogP contribution >= 0.6 is 38.5 Å². The van der Waals surface area contributed by atoms with Crippen molar-refractivity contribution in [3.63, 3.8) is 0 Å². The largest absolute Gasteiger partial charge is 0.316 e. The molecule has 0 saturated carbocycles. The zero-order valence-corrected chi connectivity index (χ0v) is 9.94. The van der Waals surface area contributed by atoms with Crippen molar-refractivity contribution < 1.29 is 0 Å². The highest BCUT2D eigenvalue weighted by molar-refractivity contribution is 14.1. The summed E-state index contributed by atoms with van der Waals surface area (Å²) in [6.07, 6.45) is 0. The number of halogens is 2. The summed E-state index contributed by atoms with van der Waals surface area (Å²) in [6, 6.07) is 6.39. The Morgan fingerprint density at radius 2 is 2.18 bits per heavy atom. The molecule has 1 aromatic rings. The van der Waals surface area contributed by atoms with Gasteiger partial charge in [0.1, 0.15) is 0 Å². The van der Waals surface area contributed by atoms with Crippen LogP contribution in [0.2, 0.25) is 0 Å². The number of benzene rings is 1. The van der Waals surface area contributed by atoms with E-state index in [1.54, 1.807) is 0 Å². The molecule has 1 nitrogen and oxygen atoms in total. The number of nitrogens with one attached hydrogen (secondary N) is 1. The van der Waals surface area contributed by atoms with Crippen LogP contribution in [0.1, 0.15) is 5.56 Å². The Balaban J connectivity index is 2.89. The van der Waals surface area contributed by atoms with E-state index in [4.69, 9.17) is 0 Å². The summed E-state index contributed by atoms with van der Waals surface area (Å²) < 4.78 is 2.41. The molecule has 0 atom stereocenters. The van der Waals surface area contributed by atoms with Crippen molar-refractivity contribution in [2.24, 2.45) is 0 Å². The topological polar surface area (TPSA) is 12.0 Å². The fraction of sp³-hybridized carbons (Fsp3) is 0.250. The van der Waals surface area contributed by atoms with Gasteiger partial charge in [0, 0.05) is 14.6 Å². The average Bonchev–Trinajstić information content (AvgIpc) is 1.85. The highest BCUT2D eigenvalue weighted by Crippen LogP contribution is 2.16. The lowest BCUT2D eigenvalue weighted by Crippen LogP contribution is -2.04. The second kappa shape index (κ2) is 4.42. The van der Waals surface area contributed by atoms with Gasteiger partial charge in [-0.15, -0.1) is 0 Å². The quantitative estimate of drug-likeness (QED) is 0.824. The van der Waals surface area contributed by atoms with Crippen molar-refractivity contribution in [2.45, 2.75) is 6.54 Å². The first-order chi connectivity index (χ1) is 5.22. The van der Waals surface area contributed by atoms with Gasteiger partial charge in [0.05, 0.1) is 0 Å². The van der Waals surface area contributed by atoms with E-state index >= 15 is 0 Å². The van der Waals surface area contributed by atoms with Gasteiger partial charge in [-0.25, -0.2) is 0 Å². The molecule has 0 fully saturated rings. The normalized spacial score (nSPS) is 10.1. The predicted octanol–water partition coefficient (Wildman–Crippen LogP) is 2.77. The Morgan fingerprint density at radius 3 is 2.73 bits per heavy atom. The number of hydrogen-bond donors (Lipinski definition) is 1. The van der Waals surface area contributed by atoms with E-state index in [-0.39, 0.29) is 0 Å². The van der Waals surface area contributed by atoms with Crippen LogP contribution in [0, 0.1) is 3.57 Å². The van der Waals surface area contributed by atoms with Crippen LogP contribution in [-0.2, 0) is 6.54 Å². The molecule has 1 aromatic carbocycles. The van der Waals surface area contributed by atoms with Crippen molar-refractivity contribution in [1.82, 2.24) is 5.32 Å². The minimum absolute atomic E-state index is 0.926. The van der Waals surface area contributed by atoms with Gasteiger partial charge in [-0.1, -0.05) is 15.9 Å². The summed E-state index contributed by atoms with van der Waals surface area (Å²) in [4.78, 5) is 0. The van der Waals surface area contributed by atoms with Gasteiger partial charge in [0.25, 0.3) is 0 Å². The SMILES string of the molecule is CNCc1cc(Br)cc(I)c1. The van der Waals surface area contributed by atoms with Crippen molar-refractivity contribution in [2.75, 3.05) is 7.05 Å². The fourth-order valence-electron chi connectivity index (χ4n) is 0.917. The summed E-state index contributed by atoms with van der Waals surface area (Å²) >= 11 is 5.76. The highest BCUT2D eigenvalue weighted by atomic mass is 127. The lowest BCUT2D eigenvalue weighted by Gasteiger charge is -2.01. The molecule has 0 bridgehead atoms. The third-order valence-electron chi connectivity index (χ3n) is 1.30. The fourth-order valence-corrected chi connectivity index (χ4v) is 2.62. The molecule has 0 saturated heterocycles. The monoisotopic (exact) mass is 325 g/mol. The van der Waals surface area contributed by atoms with Crippen LogP contribution in [0.15, 0.2) is 22.7 Å². The Kier molecular flexibility index (Phi) is 3.81. The number of rotatable bonds is 2. The van der Waals surface area contributed by atoms with Gasteiger partial charge in [0.2, 0.25) is 0 Å². The second-order valence-corrected chi connectivity index (χ2v) is 4.47. The van der Waals surface area contributed by atoms with Gasteiger partial charge < -0.3 is 5.32 Å². The first kappa shape index (κ1) is 9.48. The van der Waals surface area contributed by atoms with Gasteiger partial charge in [0.15, 0.2) is 0 Å².